The van der Waals surface area contributed by atoms with Crippen LogP contribution in [0, 0.1) is 5.92 Å². The van der Waals surface area contributed by atoms with Gasteiger partial charge in [0.15, 0.2) is 5.82 Å². The van der Waals surface area contributed by atoms with Gasteiger partial charge >= 0.3 is 0 Å². The molecule has 1 amide bonds. The Labute approximate surface area is 144 Å². The Kier molecular flexibility index (Phi) is 5.29. The largest absolute Gasteiger partial charge is 0.377 e. The lowest BCUT2D eigenvalue weighted by atomic mass is 9.94. The van der Waals surface area contributed by atoms with Gasteiger partial charge in [-0.25, -0.2) is 13.8 Å². The molecule has 2 aliphatic rings. The van der Waals surface area contributed by atoms with E-state index in [1.807, 2.05) is 0 Å². The van der Waals surface area contributed by atoms with E-state index >= 15 is 0 Å². The minimum Gasteiger partial charge on any atom is -0.377 e. The summed E-state index contributed by atoms with van der Waals surface area (Å²) in [5.41, 5.74) is 0. The number of piperidine rings is 2. The fraction of sp³-hybridized carbons (Fsp3) is 0.800. The molecule has 1 aromatic heterocycles. The lowest BCUT2D eigenvalue weighted by Gasteiger charge is -2.37. The van der Waals surface area contributed by atoms with Gasteiger partial charge in [0.05, 0.1) is 0 Å². The molecule has 0 saturated carbocycles. The standard InChI is InChI=1S/C15H22F2N4O2S/c1-23-10-12-18-14(24-19-12)21-6-2-11(3-7-21)13(22)20-8-4-15(16,17)5-9-20/h11H,2-10H2,1H3. The number of rotatable bonds is 4. The van der Waals surface area contributed by atoms with E-state index < -0.39 is 5.92 Å². The fourth-order valence-corrected chi connectivity index (χ4v) is 3.92. The fourth-order valence-electron chi connectivity index (χ4n) is 3.19. The molecule has 134 valence electrons. The summed E-state index contributed by atoms with van der Waals surface area (Å²) in [6.45, 7) is 2.21. The highest BCUT2D eigenvalue weighted by Gasteiger charge is 2.38. The van der Waals surface area contributed by atoms with Crippen molar-refractivity contribution in [1.82, 2.24) is 14.3 Å². The van der Waals surface area contributed by atoms with Crippen LogP contribution in [-0.2, 0) is 16.1 Å². The maximum atomic E-state index is 13.2. The Bertz CT molecular complexity index is 566. The topological polar surface area (TPSA) is 58.6 Å². The van der Waals surface area contributed by atoms with E-state index in [0.717, 1.165) is 31.1 Å². The van der Waals surface area contributed by atoms with Crippen LogP contribution >= 0.6 is 11.5 Å². The molecule has 0 bridgehead atoms. The van der Waals surface area contributed by atoms with Gasteiger partial charge < -0.3 is 14.5 Å². The molecule has 2 aliphatic heterocycles. The van der Waals surface area contributed by atoms with Crippen LogP contribution in [0.25, 0.3) is 0 Å². The summed E-state index contributed by atoms with van der Waals surface area (Å²) >= 11 is 1.34. The van der Waals surface area contributed by atoms with Crippen LogP contribution in [0.1, 0.15) is 31.5 Å². The number of hydrogen-bond acceptors (Lipinski definition) is 6. The number of anilines is 1. The molecule has 9 heteroatoms. The first kappa shape index (κ1) is 17.5. The second-order valence-corrected chi connectivity index (χ2v) is 7.10. The van der Waals surface area contributed by atoms with Crippen molar-refractivity contribution in [1.29, 1.82) is 0 Å². The van der Waals surface area contributed by atoms with Crippen molar-refractivity contribution in [3.63, 3.8) is 0 Å². The van der Waals surface area contributed by atoms with E-state index in [0.29, 0.717) is 12.4 Å². The average molecular weight is 360 g/mol. The third kappa shape index (κ3) is 4.00. The Balaban J connectivity index is 1.50. The Morgan fingerprint density at radius 3 is 2.58 bits per heavy atom. The van der Waals surface area contributed by atoms with Crippen LogP contribution in [0.2, 0.25) is 0 Å². The van der Waals surface area contributed by atoms with Gasteiger partial charge in [0.1, 0.15) is 6.61 Å². The number of halogens is 2. The van der Waals surface area contributed by atoms with Crippen molar-refractivity contribution in [3.05, 3.63) is 5.82 Å². The highest BCUT2D eigenvalue weighted by molar-refractivity contribution is 7.09. The second-order valence-electron chi connectivity index (χ2n) is 6.37. The quantitative estimate of drug-likeness (QED) is 0.824. The van der Waals surface area contributed by atoms with Crippen molar-refractivity contribution in [3.8, 4) is 0 Å². The van der Waals surface area contributed by atoms with Gasteiger partial charge in [0, 0.05) is 63.6 Å². The smallest absolute Gasteiger partial charge is 0.251 e. The molecule has 6 nitrogen and oxygen atoms in total. The van der Waals surface area contributed by atoms with Gasteiger partial charge in [-0.3, -0.25) is 4.79 Å². The third-order valence-corrected chi connectivity index (χ3v) is 5.47. The van der Waals surface area contributed by atoms with E-state index in [9.17, 15) is 13.6 Å². The second kappa shape index (κ2) is 7.26. The first-order chi connectivity index (χ1) is 11.5. The molecule has 0 radical (unpaired) electrons. The Hall–Kier alpha value is -1.35. The summed E-state index contributed by atoms with van der Waals surface area (Å²) in [6, 6.07) is 0. The van der Waals surface area contributed by atoms with Crippen LogP contribution in [0.4, 0.5) is 13.9 Å². The molecule has 0 N–H and O–H groups in total. The van der Waals surface area contributed by atoms with Crippen LogP contribution in [-0.4, -0.2) is 59.4 Å². The van der Waals surface area contributed by atoms with Gasteiger partial charge in [-0.05, 0) is 12.8 Å². The molecular formula is C15H22F2N4O2S. The number of carbonyl (C=O) groups excluding carboxylic acids is 1. The number of alkyl halides is 2. The highest BCUT2D eigenvalue weighted by atomic mass is 32.1. The van der Waals surface area contributed by atoms with E-state index in [4.69, 9.17) is 4.74 Å². The predicted molar refractivity (Wildman–Crippen MR) is 86.3 cm³/mol. The lowest BCUT2D eigenvalue weighted by Crippen LogP contribution is -2.47. The van der Waals surface area contributed by atoms with Crippen molar-refractivity contribution < 1.29 is 18.3 Å². The predicted octanol–water partition coefficient (Wildman–Crippen LogP) is 2.16. The number of aromatic nitrogens is 2. The zero-order chi connectivity index (χ0) is 17.2. The summed E-state index contributed by atoms with van der Waals surface area (Å²) in [6.07, 6.45) is 1.02. The molecule has 0 aromatic carbocycles. The van der Waals surface area contributed by atoms with E-state index in [2.05, 4.69) is 14.3 Å². The monoisotopic (exact) mass is 360 g/mol. The SMILES string of the molecule is COCc1nsc(N2CCC(C(=O)N3CCC(F)(F)CC3)CC2)n1. The van der Waals surface area contributed by atoms with Crippen LogP contribution in [0.15, 0.2) is 0 Å². The molecule has 3 rings (SSSR count). The highest BCUT2D eigenvalue weighted by Crippen LogP contribution is 2.30. The molecule has 3 heterocycles. The van der Waals surface area contributed by atoms with Gasteiger partial charge in [-0.15, -0.1) is 0 Å². The van der Waals surface area contributed by atoms with Gasteiger partial charge in [-0.2, -0.15) is 4.37 Å². The minimum atomic E-state index is -2.61. The molecule has 0 aliphatic carbocycles. The number of hydrogen-bond donors (Lipinski definition) is 0. The van der Waals surface area contributed by atoms with Crippen LogP contribution in [0.5, 0.6) is 0 Å². The summed E-state index contributed by atoms with van der Waals surface area (Å²) in [7, 11) is 1.61. The number of nitrogens with zero attached hydrogens (tertiary/aromatic N) is 4. The summed E-state index contributed by atoms with van der Waals surface area (Å²) < 4.78 is 35.7. The van der Waals surface area contributed by atoms with Gasteiger partial charge in [-0.1, -0.05) is 0 Å². The number of likely N-dealkylation sites (tertiary alicyclic amines) is 1. The van der Waals surface area contributed by atoms with Gasteiger partial charge in [0.2, 0.25) is 11.0 Å². The molecule has 0 unspecified atom stereocenters. The first-order valence-electron chi connectivity index (χ1n) is 8.21. The van der Waals surface area contributed by atoms with Crippen molar-refractivity contribution >= 4 is 22.6 Å². The Morgan fingerprint density at radius 2 is 1.96 bits per heavy atom. The molecule has 1 aromatic rings. The lowest BCUT2D eigenvalue weighted by molar-refractivity contribution is -0.142. The molecule has 2 fully saturated rings. The average Bonchev–Trinajstić information content (AvgIpc) is 3.03. The normalized spacial score (nSPS) is 22.0. The third-order valence-electron chi connectivity index (χ3n) is 4.65. The zero-order valence-electron chi connectivity index (χ0n) is 13.7. The summed E-state index contributed by atoms with van der Waals surface area (Å²) in [4.78, 5) is 20.7. The first-order valence-corrected chi connectivity index (χ1v) is 8.99. The van der Waals surface area contributed by atoms with Crippen molar-refractivity contribution in [2.24, 2.45) is 5.92 Å². The maximum absolute atomic E-state index is 13.2. The molecule has 2 saturated heterocycles. The van der Waals surface area contributed by atoms with Crippen molar-refractivity contribution in [2.45, 2.75) is 38.2 Å². The van der Waals surface area contributed by atoms with Gasteiger partial charge in [0.25, 0.3) is 5.92 Å². The number of carbonyl (C=O) groups is 1. The van der Waals surface area contributed by atoms with Crippen LogP contribution in [0.3, 0.4) is 0 Å². The summed E-state index contributed by atoms with van der Waals surface area (Å²) in [5.74, 6) is -1.98. The molecule has 24 heavy (non-hydrogen) atoms. The molecule has 0 atom stereocenters. The minimum absolute atomic E-state index is 0.0301. The van der Waals surface area contributed by atoms with E-state index in [-0.39, 0.29) is 37.8 Å². The number of amides is 1. The maximum Gasteiger partial charge on any atom is 0.251 e. The van der Waals surface area contributed by atoms with Crippen LogP contribution < -0.4 is 4.90 Å². The van der Waals surface area contributed by atoms with E-state index in [1.54, 1.807) is 12.0 Å². The number of ether oxygens (including phenoxy) is 1. The molecule has 0 spiro atoms. The van der Waals surface area contributed by atoms with Crippen molar-refractivity contribution in [2.75, 3.05) is 38.2 Å². The van der Waals surface area contributed by atoms with E-state index in [1.165, 1.54) is 11.5 Å². The summed E-state index contributed by atoms with van der Waals surface area (Å²) in [5, 5.41) is 0.852. The zero-order valence-corrected chi connectivity index (χ0v) is 14.5. The Morgan fingerprint density at radius 1 is 1.29 bits per heavy atom. The number of methoxy groups -OCH3 is 1. The molecular weight excluding hydrogens is 338 g/mol.